The van der Waals surface area contributed by atoms with Gasteiger partial charge in [0.25, 0.3) is 0 Å². The molecule has 0 bridgehead atoms. The van der Waals surface area contributed by atoms with Gasteiger partial charge in [-0.3, -0.25) is 10.2 Å². The molecule has 0 spiro atoms. The average Bonchev–Trinajstić information content (AvgIpc) is 2.92. The summed E-state index contributed by atoms with van der Waals surface area (Å²) >= 11 is 0. The molecule has 1 aliphatic heterocycles. The third-order valence-corrected chi connectivity index (χ3v) is 5.13. The molecule has 0 saturated heterocycles. The summed E-state index contributed by atoms with van der Waals surface area (Å²) < 4.78 is 0. The smallest absolute Gasteiger partial charge is 0.236 e. The van der Waals surface area contributed by atoms with Gasteiger partial charge in [0, 0.05) is 36.6 Å². The number of hydrogen-bond acceptors (Lipinski definition) is 7. The molecule has 1 amide bonds. The first-order valence-electron chi connectivity index (χ1n) is 10.1. The van der Waals surface area contributed by atoms with E-state index >= 15 is 0 Å². The van der Waals surface area contributed by atoms with Crippen LogP contribution in [0.2, 0.25) is 0 Å². The van der Waals surface area contributed by atoms with Crippen LogP contribution in [0, 0.1) is 22.1 Å². The molecule has 0 saturated carbocycles. The summed E-state index contributed by atoms with van der Waals surface area (Å²) in [6.07, 6.45) is 2.86. The van der Waals surface area contributed by atoms with Crippen molar-refractivity contribution in [1.82, 2.24) is 5.32 Å². The van der Waals surface area contributed by atoms with Crippen molar-refractivity contribution in [2.75, 3.05) is 22.9 Å². The van der Waals surface area contributed by atoms with Crippen LogP contribution in [0.3, 0.4) is 0 Å². The summed E-state index contributed by atoms with van der Waals surface area (Å²) in [4.78, 5) is 14.9. The van der Waals surface area contributed by atoms with Gasteiger partial charge >= 0.3 is 0 Å². The van der Waals surface area contributed by atoms with Gasteiger partial charge in [0.05, 0.1) is 35.7 Å². The van der Waals surface area contributed by atoms with E-state index in [2.05, 4.69) is 16.3 Å². The van der Waals surface area contributed by atoms with E-state index in [0.717, 1.165) is 22.6 Å². The maximum absolute atomic E-state index is 11.0. The van der Waals surface area contributed by atoms with Crippen LogP contribution in [-0.4, -0.2) is 37.2 Å². The number of rotatable bonds is 7. The molecule has 0 aromatic heterocycles. The Morgan fingerprint density at radius 1 is 1.28 bits per heavy atom. The molecule has 1 unspecified atom stereocenters. The number of carbonyl (C=O) groups is 1. The SMILES string of the molecule is CC(N)N1C(=N)CCN(c2ccc(C#N)cc2)c2cc(/C(C=N)=C/NCC(N)=O)ccc21. The van der Waals surface area contributed by atoms with E-state index in [-0.39, 0.29) is 6.54 Å². The summed E-state index contributed by atoms with van der Waals surface area (Å²) in [6.45, 7) is 2.35. The first kappa shape index (κ1) is 22.5. The van der Waals surface area contributed by atoms with E-state index in [9.17, 15) is 4.79 Å². The van der Waals surface area contributed by atoms with Crippen LogP contribution in [0.15, 0.2) is 48.7 Å². The van der Waals surface area contributed by atoms with Gasteiger partial charge in [-0.05, 0) is 48.9 Å². The highest BCUT2D eigenvalue weighted by Gasteiger charge is 2.27. The number of nitrogens with two attached hydrogens (primary N) is 2. The van der Waals surface area contributed by atoms with E-state index in [1.807, 2.05) is 37.3 Å². The number of benzene rings is 2. The van der Waals surface area contributed by atoms with Gasteiger partial charge in [0.2, 0.25) is 5.91 Å². The minimum atomic E-state index is -0.495. The number of nitriles is 1. The number of fused-ring (bicyclic) bond motifs is 1. The van der Waals surface area contributed by atoms with Crippen molar-refractivity contribution in [2.24, 2.45) is 11.5 Å². The number of carbonyl (C=O) groups excluding carboxylic acids is 1. The largest absolute Gasteiger partial charge is 0.382 e. The van der Waals surface area contributed by atoms with Crippen LogP contribution in [0.25, 0.3) is 5.57 Å². The van der Waals surface area contributed by atoms with Gasteiger partial charge < -0.3 is 32.0 Å². The highest BCUT2D eigenvalue weighted by Crippen LogP contribution is 2.39. The van der Waals surface area contributed by atoms with Crippen LogP contribution in [0.1, 0.15) is 24.5 Å². The fraction of sp³-hybridized carbons (Fsp3) is 0.217. The zero-order valence-electron chi connectivity index (χ0n) is 17.8. The Kier molecular flexibility index (Phi) is 6.87. The van der Waals surface area contributed by atoms with Gasteiger partial charge in [-0.25, -0.2) is 0 Å². The molecule has 32 heavy (non-hydrogen) atoms. The summed E-state index contributed by atoms with van der Waals surface area (Å²) in [5, 5.41) is 28.3. The summed E-state index contributed by atoms with van der Waals surface area (Å²) in [6, 6.07) is 15.1. The highest BCUT2D eigenvalue weighted by molar-refractivity contribution is 6.10. The minimum Gasteiger partial charge on any atom is -0.382 e. The normalized spacial score (nSPS) is 14.8. The van der Waals surface area contributed by atoms with Crippen molar-refractivity contribution in [3.63, 3.8) is 0 Å². The molecule has 7 N–H and O–H groups in total. The summed E-state index contributed by atoms with van der Waals surface area (Å²) in [5.74, 6) is -0.0818. The number of hydrogen-bond donors (Lipinski definition) is 5. The quantitative estimate of drug-likeness (QED) is 0.424. The fourth-order valence-electron chi connectivity index (χ4n) is 3.65. The number of nitrogens with zero attached hydrogens (tertiary/aromatic N) is 3. The standard InChI is InChI=1S/C23H26N8O/c1-15(26)31-20-7-4-17(18(12-25)13-29-14-23(28)32)10-21(20)30(9-8-22(31)27)19-5-2-16(11-24)3-6-19/h2-7,10,12-13,15,25,27,29H,8-9,14,26H2,1H3,(H2,28,32)/b18-13+,25-12?,27-22?. The molecule has 0 fully saturated rings. The molecular formula is C23H26N8O. The number of nitrogens with one attached hydrogen (secondary N) is 3. The van der Waals surface area contributed by atoms with Gasteiger partial charge in [0.15, 0.2) is 0 Å². The van der Waals surface area contributed by atoms with Crippen LogP contribution in [0.4, 0.5) is 17.1 Å². The van der Waals surface area contributed by atoms with E-state index < -0.39 is 12.1 Å². The maximum Gasteiger partial charge on any atom is 0.236 e. The van der Waals surface area contributed by atoms with E-state index in [0.29, 0.717) is 29.9 Å². The third-order valence-electron chi connectivity index (χ3n) is 5.13. The molecule has 9 heteroatoms. The molecule has 2 aromatic rings. The van der Waals surface area contributed by atoms with E-state index in [1.165, 1.54) is 6.21 Å². The van der Waals surface area contributed by atoms with Crippen molar-refractivity contribution >= 4 is 40.6 Å². The van der Waals surface area contributed by atoms with Gasteiger partial charge in [-0.2, -0.15) is 5.26 Å². The monoisotopic (exact) mass is 430 g/mol. The van der Waals surface area contributed by atoms with Gasteiger partial charge in [-0.15, -0.1) is 0 Å². The number of anilines is 3. The third kappa shape index (κ3) is 4.77. The molecule has 1 aliphatic rings. The predicted molar refractivity (Wildman–Crippen MR) is 127 cm³/mol. The molecule has 2 aromatic carbocycles. The average molecular weight is 431 g/mol. The molecule has 164 valence electrons. The first-order valence-corrected chi connectivity index (χ1v) is 10.1. The lowest BCUT2D eigenvalue weighted by Crippen LogP contribution is -2.43. The predicted octanol–water partition coefficient (Wildman–Crippen LogP) is 2.25. The number of primary amides is 1. The number of amides is 1. The van der Waals surface area contributed by atoms with Crippen LogP contribution >= 0.6 is 0 Å². The van der Waals surface area contributed by atoms with Gasteiger partial charge in [0.1, 0.15) is 5.84 Å². The van der Waals surface area contributed by atoms with E-state index in [1.54, 1.807) is 23.2 Å². The van der Waals surface area contributed by atoms with Crippen molar-refractivity contribution in [2.45, 2.75) is 19.5 Å². The summed E-state index contributed by atoms with van der Waals surface area (Å²) in [5.41, 5.74) is 15.8. The molecule has 1 heterocycles. The van der Waals surface area contributed by atoms with E-state index in [4.69, 9.17) is 27.5 Å². The second-order valence-corrected chi connectivity index (χ2v) is 7.41. The lowest BCUT2D eigenvalue weighted by atomic mass is 10.0. The lowest BCUT2D eigenvalue weighted by molar-refractivity contribution is -0.117. The molecular weight excluding hydrogens is 404 g/mol. The Morgan fingerprint density at radius 3 is 2.59 bits per heavy atom. The Balaban J connectivity index is 2.13. The molecule has 1 atom stereocenters. The van der Waals surface area contributed by atoms with Crippen LogP contribution in [-0.2, 0) is 4.79 Å². The number of allylic oxidation sites excluding steroid dienone is 1. The van der Waals surface area contributed by atoms with Crippen LogP contribution < -0.4 is 26.6 Å². The second-order valence-electron chi connectivity index (χ2n) is 7.41. The Morgan fingerprint density at radius 2 is 2.00 bits per heavy atom. The van der Waals surface area contributed by atoms with Crippen molar-refractivity contribution < 1.29 is 4.79 Å². The Labute approximate surface area is 186 Å². The van der Waals surface area contributed by atoms with Crippen molar-refractivity contribution in [1.29, 1.82) is 16.1 Å². The fourth-order valence-corrected chi connectivity index (χ4v) is 3.65. The second kappa shape index (κ2) is 9.76. The zero-order valence-corrected chi connectivity index (χ0v) is 17.8. The Bertz CT molecular complexity index is 1100. The highest BCUT2D eigenvalue weighted by atomic mass is 16.1. The van der Waals surface area contributed by atoms with Crippen LogP contribution in [0.5, 0.6) is 0 Å². The zero-order chi connectivity index (χ0) is 23.3. The lowest BCUT2D eigenvalue weighted by Gasteiger charge is -2.30. The molecule has 3 rings (SSSR count). The van der Waals surface area contributed by atoms with Gasteiger partial charge in [-0.1, -0.05) is 6.07 Å². The topological polar surface area (TPSA) is 159 Å². The maximum atomic E-state index is 11.0. The molecule has 0 aliphatic carbocycles. The van der Waals surface area contributed by atoms with Crippen molar-refractivity contribution in [3.8, 4) is 6.07 Å². The first-order chi connectivity index (χ1) is 15.3. The van der Waals surface area contributed by atoms with Crippen molar-refractivity contribution in [3.05, 3.63) is 59.8 Å². The summed E-state index contributed by atoms with van der Waals surface area (Å²) in [7, 11) is 0. The Hall–Kier alpha value is -4.16. The number of amidine groups is 1. The minimum absolute atomic E-state index is 0.0325. The molecule has 9 nitrogen and oxygen atoms in total. The molecule has 0 radical (unpaired) electrons.